The molecule has 0 fully saturated rings. The van der Waals surface area contributed by atoms with Crippen LogP contribution in [0.3, 0.4) is 0 Å². The molecule has 7 nitrogen and oxygen atoms in total. The summed E-state index contributed by atoms with van der Waals surface area (Å²) in [6.07, 6.45) is 1.64. The van der Waals surface area contributed by atoms with E-state index >= 15 is 0 Å². The van der Waals surface area contributed by atoms with Crippen molar-refractivity contribution in [2.45, 2.75) is 44.3 Å². The lowest BCUT2D eigenvalue weighted by Crippen LogP contribution is -2.41. The molecule has 0 bridgehead atoms. The SMILES string of the molecule is CC1c2cc(C(=O)Nc3ccc(OC(F)(F)Cl)cc3)cc(-c3ccn[nH]3)c2N(C(C)C)C1CO. The maximum atomic E-state index is 13.2. The number of nitrogens with zero attached hydrogens (tertiary/aromatic N) is 2. The summed E-state index contributed by atoms with van der Waals surface area (Å²) >= 11 is 4.79. The van der Waals surface area contributed by atoms with Crippen LogP contribution >= 0.6 is 11.6 Å². The molecule has 2 heterocycles. The molecule has 180 valence electrons. The van der Waals surface area contributed by atoms with Crippen LogP contribution in [0, 0.1) is 0 Å². The highest BCUT2D eigenvalue weighted by Gasteiger charge is 2.39. The van der Waals surface area contributed by atoms with Crippen LogP contribution in [-0.4, -0.2) is 45.5 Å². The van der Waals surface area contributed by atoms with Gasteiger partial charge in [-0.05, 0) is 61.9 Å². The van der Waals surface area contributed by atoms with Crippen LogP contribution in [-0.2, 0) is 0 Å². The molecule has 2 atom stereocenters. The number of rotatable bonds is 7. The monoisotopic (exact) mass is 490 g/mol. The molecule has 10 heteroatoms. The van der Waals surface area contributed by atoms with Crippen LogP contribution in [0.15, 0.2) is 48.7 Å². The number of alkyl halides is 3. The molecule has 3 N–H and O–H groups in total. The van der Waals surface area contributed by atoms with Gasteiger partial charge >= 0.3 is 5.57 Å². The van der Waals surface area contributed by atoms with Gasteiger partial charge in [0.2, 0.25) is 0 Å². The number of hydrogen-bond donors (Lipinski definition) is 3. The Bertz CT molecular complexity index is 1160. The molecule has 1 aliphatic rings. The number of H-pyrrole nitrogens is 1. The van der Waals surface area contributed by atoms with E-state index in [2.05, 4.69) is 39.0 Å². The van der Waals surface area contributed by atoms with E-state index < -0.39 is 5.57 Å². The summed E-state index contributed by atoms with van der Waals surface area (Å²) in [5.41, 5.74) is 0.499. The molecule has 0 aliphatic carbocycles. The highest BCUT2D eigenvalue weighted by molar-refractivity contribution is 6.20. The second-order valence-electron chi connectivity index (χ2n) is 8.50. The minimum Gasteiger partial charge on any atom is -0.420 e. The molecule has 1 amide bonds. The van der Waals surface area contributed by atoms with E-state index in [-0.39, 0.29) is 36.3 Å². The zero-order valence-electron chi connectivity index (χ0n) is 18.8. The second kappa shape index (κ2) is 9.23. The Labute approximate surface area is 200 Å². The van der Waals surface area contributed by atoms with E-state index in [1.807, 2.05) is 19.1 Å². The third kappa shape index (κ3) is 4.71. The predicted molar refractivity (Wildman–Crippen MR) is 127 cm³/mol. The number of aliphatic hydroxyl groups is 1. The molecular formula is C24H25ClF2N4O3. The van der Waals surface area contributed by atoms with E-state index in [1.165, 1.54) is 24.3 Å². The van der Waals surface area contributed by atoms with Gasteiger partial charge in [-0.2, -0.15) is 5.10 Å². The number of aliphatic hydroxyl groups excluding tert-OH is 1. The van der Waals surface area contributed by atoms with E-state index in [0.717, 1.165) is 22.5 Å². The average Bonchev–Trinajstić information content (AvgIpc) is 3.40. The third-order valence-corrected chi connectivity index (χ3v) is 6.04. The van der Waals surface area contributed by atoms with Crippen molar-refractivity contribution >= 4 is 28.9 Å². The Morgan fingerprint density at radius 1 is 1.29 bits per heavy atom. The molecule has 0 spiro atoms. The fourth-order valence-corrected chi connectivity index (χ4v) is 4.57. The van der Waals surface area contributed by atoms with Crippen molar-refractivity contribution < 1.29 is 23.4 Å². The quantitative estimate of drug-likeness (QED) is 0.396. The first-order chi connectivity index (χ1) is 16.1. The molecular weight excluding hydrogens is 466 g/mol. The fraction of sp³-hybridized carbons (Fsp3) is 0.333. The van der Waals surface area contributed by atoms with Crippen LogP contribution < -0.4 is 15.0 Å². The number of anilines is 2. The molecule has 34 heavy (non-hydrogen) atoms. The Kier molecular flexibility index (Phi) is 6.51. The lowest BCUT2D eigenvalue weighted by atomic mass is 9.93. The minimum absolute atomic E-state index is 0.00882. The van der Waals surface area contributed by atoms with Crippen molar-refractivity contribution in [1.29, 1.82) is 0 Å². The Morgan fingerprint density at radius 3 is 2.56 bits per heavy atom. The third-order valence-electron chi connectivity index (χ3n) is 5.96. The number of amides is 1. The molecule has 3 aromatic rings. The number of carbonyl (C=O) groups is 1. The van der Waals surface area contributed by atoms with Gasteiger partial charge < -0.3 is 20.1 Å². The van der Waals surface area contributed by atoms with Crippen molar-refractivity contribution in [2.24, 2.45) is 0 Å². The first-order valence-corrected chi connectivity index (χ1v) is 11.2. The van der Waals surface area contributed by atoms with Gasteiger partial charge in [0.15, 0.2) is 0 Å². The van der Waals surface area contributed by atoms with Gasteiger partial charge in [0.25, 0.3) is 5.91 Å². The van der Waals surface area contributed by atoms with Gasteiger partial charge in [0.1, 0.15) is 5.75 Å². The van der Waals surface area contributed by atoms with E-state index in [4.69, 9.17) is 11.6 Å². The molecule has 0 saturated heterocycles. The number of carbonyl (C=O) groups excluding carboxylic acids is 1. The van der Waals surface area contributed by atoms with Crippen LogP contribution in [0.25, 0.3) is 11.3 Å². The Hall–Kier alpha value is -3.17. The number of aromatic amines is 1. The normalized spacial score (nSPS) is 17.7. The maximum Gasteiger partial charge on any atom is 0.487 e. The van der Waals surface area contributed by atoms with Gasteiger partial charge in [-0.15, -0.1) is 8.78 Å². The number of aromatic nitrogens is 2. The van der Waals surface area contributed by atoms with Crippen molar-refractivity contribution in [3.8, 4) is 17.0 Å². The number of halogens is 3. The highest BCUT2D eigenvalue weighted by Crippen LogP contribution is 2.47. The molecule has 2 unspecified atom stereocenters. The lowest BCUT2D eigenvalue weighted by Gasteiger charge is -2.33. The van der Waals surface area contributed by atoms with Crippen LogP contribution in [0.2, 0.25) is 0 Å². The summed E-state index contributed by atoms with van der Waals surface area (Å²) in [7, 11) is 0. The van der Waals surface area contributed by atoms with Gasteiger partial charge in [-0.3, -0.25) is 9.89 Å². The van der Waals surface area contributed by atoms with Crippen molar-refractivity contribution in [1.82, 2.24) is 10.2 Å². The smallest absolute Gasteiger partial charge is 0.420 e. The first-order valence-electron chi connectivity index (χ1n) is 10.8. The van der Waals surface area contributed by atoms with E-state index in [1.54, 1.807) is 12.3 Å². The molecule has 1 aromatic heterocycles. The summed E-state index contributed by atoms with van der Waals surface area (Å²) in [6.45, 7) is 6.14. The lowest BCUT2D eigenvalue weighted by molar-refractivity contribution is -0.0964. The molecule has 1 aliphatic heterocycles. The van der Waals surface area contributed by atoms with Crippen LogP contribution in [0.5, 0.6) is 5.75 Å². The highest BCUT2D eigenvalue weighted by atomic mass is 35.5. The van der Waals surface area contributed by atoms with Gasteiger partial charge in [0, 0.05) is 46.6 Å². The Balaban J connectivity index is 1.69. The van der Waals surface area contributed by atoms with Gasteiger partial charge in [0.05, 0.1) is 24.0 Å². The van der Waals surface area contributed by atoms with E-state index in [0.29, 0.717) is 11.3 Å². The summed E-state index contributed by atoms with van der Waals surface area (Å²) in [5, 5.41) is 19.9. The molecule has 4 rings (SSSR count). The molecule has 0 radical (unpaired) electrons. The molecule has 0 saturated carbocycles. The van der Waals surface area contributed by atoms with E-state index in [9.17, 15) is 18.7 Å². The Morgan fingerprint density at radius 2 is 2.00 bits per heavy atom. The minimum atomic E-state index is -3.81. The zero-order valence-corrected chi connectivity index (χ0v) is 19.6. The predicted octanol–water partition coefficient (Wildman–Crippen LogP) is 5.19. The van der Waals surface area contributed by atoms with Crippen LogP contribution in [0.1, 0.15) is 42.6 Å². The zero-order chi connectivity index (χ0) is 24.6. The van der Waals surface area contributed by atoms with Crippen LogP contribution in [0.4, 0.5) is 20.2 Å². The fourth-order valence-electron chi connectivity index (χ4n) is 4.48. The standard InChI is InChI=1S/C24H25ClF2N4O3/c1-13(2)31-21(12-32)14(3)18-10-15(11-19(22(18)31)20-8-9-28-30-20)23(33)29-16-4-6-17(7-5-16)34-24(25,26)27/h4-11,13-14,21,32H,12H2,1-3H3,(H,28,30)(H,29,33). The largest absolute Gasteiger partial charge is 0.487 e. The second-order valence-corrected chi connectivity index (χ2v) is 8.94. The number of benzene rings is 2. The van der Waals surface area contributed by atoms with Crippen molar-refractivity contribution in [3.63, 3.8) is 0 Å². The summed E-state index contributed by atoms with van der Waals surface area (Å²) < 4.78 is 29.9. The average molecular weight is 491 g/mol. The number of hydrogen-bond acceptors (Lipinski definition) is 5. The number of ether oxygens (including phenoxy) is 1. The number of nitrogens with one attached hydrogen (secondary N) is 2. The molecule has 2 aromatic carbocycles. The van der Waals surface area contributed by atoms with Gasteiger partial charge in [-0.1, -0.05) is 6.92 Å². The van der Waals surface area contributed by atoms with Crippen molar-refractivity contribution in [3.05, 3.63) is 59.8 Å². The van der Waals surface area contributed by atoms with Gasteiger partial charge in [-0.25, -0.2) is 0 Å². The van der Waals surface area contributed by atoms with Crippen molar-refractivity contribution in [2.75, 3.05) is 16.8 Å². The first kappa shape index (κ1) is 24.0. The summed E-state index contributed by atoms with van der Waals surface area (Å²) in [4.78, 5) is 15.3. The summed E-state index contributed by atoms with van der Waals surface area (Å²) in [6, 6.07) is 10.9. The summed E-state index contributed by atoms with van der Waals surface area (Å²) in [5.74, 6) is -0.504. The number of fused-ring (bicyclic) bond motifs is 1. The topological polar surface area (TPSA) is 90.5 Å². The maximum absolute atomic E-state index is 13.2.